The number of nitrogens with zero attached hydrogens (tertiary/aromatic N) is 8. The largest absolute Gasteiger partial charge is 0.256 e. The normalized spacial score (nSPS) is 11.4. The molecule has 0 N–H and O–H groups in total. The van der Waals surface area contributed by atoms with Gasteiger partial charge in [0.25, 0.3) is 0 Å². The van der Waals surface area contributed by atoms with Crippen LogP contribution in [0, 0.1) is 0 Å². The first-order valence-corrected chi connectivity index (χ1v) is 29.3. The maximum Gasteiger partial charge on any atom is 0.160 e. The van der Waals surface area contributed by atoms with Crippen molar-refractivity contribution in [2.45, 2.75) is 0 Å². The van der Waals surface area contributed by atoms with Gasteiger partial charge in [0.05, 0.1) is 44.8 Å². The van der Waals surface area contributed by atoms with Gasteiger partial charge in [0, 0.05) is 102 Å². The number of fused-ring (bicyclic) bond motifs is 4. The van der Waals surface area contributed by atoms with E-state index in [0.717, 1.165) is 155 Å². The van der Waals surface area contributed by atoms with Gasteiger partial charge in [0.1, 0.15) is 0 Å². The number of para-hydroxylation sites is 4. The second kappa shape index (κ2) is 22.2. The fraction of sp³-hybridized carbons (Fsp3) is 0. The maximum atomic E-state index is 5.27. The molecule has 0 aliphatic rings. The Hall–Kier alpha value is -12.0. The molecule has 0 fully saturated rings. The van der Waals surface area contributed by atoms with E-state index in [2.05, 4.69) is 255 Å². The third-order valence-corrected chi connectivity index (χ3v) is 16.6. The van der Waals surface area contributed by atoms with Crippen LogP contribution in [0.1, 0.15) is 0 Å². The Morgan fingerprint density at radius 3 is 0.625 bits per heavy atom. The summed E-state index contributed by atoms with van der Waals surface area (Å²) in [6, 6.07) is 97.2. The summed E-state index contributed by atoms with van der Waals surface area (Å²) in [5.74, 6) is 1.28. The predicted octanol–water partition coefficient (Wildman–Crippen LogP) is 19.8. The van der Waals surface area contributed by atoms with Crippen molar-refractivity contribution in [3.05, 3.63) is 304 Å². The Morgan fingerprint density at radius 2 is 0.375 bits per heavy atom. The predicted molar refractivity (Wildman–Crippen MR) is 359 cm³/mol. The average molecular weight is 1120 g/mol. The zero-order chi connectivity index (χ0) is 58.3. The van der Waals surface area contributed by atoms with Gasteiger partial charge in [-0.25, -0.2) is 19.9 Å². The van der Waals surface area contributed by atoms with Gasteiger partial charge in [-0.05, 0) is 69.8 Å². The first-order valence-electron chi connectivity index (χ1n) is 29.3. The Balaban J connectivity index is 0.726. The van der Waals surface area contributed by atoms with E-state index in [0.29, 0.717) is 11.6 Å². The minimum atomic E-state index is 0.638. The van der Waals surface area contributed by atoms with Crippen LogP contribution in [-0.4, -0.2) is 39.9 Å². The van der Waals surface area contributed by atoms with Crippen molar-refractivity contribution in [2.24, 2.45) is 0 Å². The summed E-state index contributed by atoms with van der Waals surface area (Å²) in [4.78, 5) is 39.9. The molecule has 0 atom stereocenters. The van der Waals surface area contributed by atoms with Gasteiger partial charge < -0.3 is 0 Å². The first-order chi connectivity index (χ1) is 43.6. The molecule has 88 heavy (non-hydrogen) atoms. The number of hydrogen-bond donors (Lipinski definition) is 0. The van der Waals surface area contributed by atoms with E-state index in [1.165, 1.54) is 0 Å². The third-order valence-electron chi connectivity index (χ3n) is 16.6. The molecule has 410 valence electrons. The maximum absolute atomic E-state index is 5.27. The molecule has 0 saturated carbocycles. The summed E-state index contributed by atoms with van der Waals surface area (Å²) >= 11 is 0. The highest BCUT2D eigenvalue weighted by Crippen LogP contribution is 2.37. The van der Waals surface area contributed by atoms with E-state index in [4.69, 9.17) is 39.9 Å². The van der Waals surface area contributed by atoms with E-state index in [1.54, 1.807) is 0 Å². The van der Waals surface area contributed by atoms with Gasteiger partial charge in [0.2, 0.25) is 0 Å². The molecule has 6 aromatic heterocycles. The average Bonchev–Trinajstić information content (AvgIpc) is 3.53. The topological polar surface area (TPSA) is 103 Å². The van der Waals surface area contributed by atoms with Gasteiger partial charge >= 0.3 is 0 Å². The van der Waals surface area contributed by atoms with Gasteiger partial charge in [-0.1, -0.05) is 243 Å². The van der Waals surface area contributed by atoms with Gasteiger partial charge in [0.15, 0.2) is 11.6 Å². The first kappa shape index (κ1) is 51.6. The lowest BCUT2D eigenvalue weighted by Crippen LogP contribution is -1.96. The van der Waals surface area contributed by atoms with Crippen LogP contribution in [0.25, 0.3) is 167 Å². The Labute approximate surface area is 508 Å². The molecular formula is C80H50N8. The Morgan fingerprint density at radius 1 is 0.170 bits per heavy atom. The Kier molecular flexibility index (Phi) is 13.0. The van der Waals surface area contributed by atoms with Crippen LogP contribution in [0.3, 0.4) is 0 Å². The molecule has 0 aliphatic heterocycles. The molecule has 16 rings (SSSR count). The minimum absolute atomic E-state index is 0.638. The highest BCUT2D eigenvalue weighted by Gasteiger charge is 2.17. The number of rotatable bonds is 11. The smallest absolute Gasteiger partial charge is 0.160 e. The molecule has 0 spiro atoms. The zero-order valence-corrected chi connectivity index (χ0v) is 47.4. The summed E-state index contributed by atoms with van der Waals surface area (Å²) in [7, 11) is 0. The summed E-state index contributed by atoms with van der Waals surface area (Å²) < 4.78 is 0. The molecule has 16 aromatic rings. The zero-order valence-electron chi connectivity index (χ0n) is 47.4. The fourth-order valence-electron chi connectivity index (χ4n) is 12.0. The number of benzene rings is 10. The molecule has 0 amide bonds. The van der Waals surface area contributed by atoms with Gasteiger partial charge in [-0.2, -0.15) is 0 Å². The van der Waals surface area contributed by atoms with E-state index in [-0.39, 0.29) is 0 Å². The molecule has 8 heteroatoms. The van der Waals surface area contributed by atoms with E-state index in [9.17, 15) is 0 Å². The molecule has 0 unspecified atom stereocenters. The highest BCUT2D eigenvalue weighted by molar-refractivity contribution is 5.97. The molecule has 0 radical (unpaired) electrons. The SMILES string of the molecule is c1cnc2c(-c3ccc(-c4cc(-c5ccc(-c6ccc(-c7cc(-c8ccc(-c9cccc%10cccnc9%10)cc8)nc(-c8ccc(-c9cccc%10cccnc9%10)cc8)n7)cc6)cc5)nc(-c5ccc(-c6cccc7cccnc67)cc5)n4)cc3)cccc2c1. The summed E-state index contributed by atoms with van der Waals surface area (Å²) in [5.41, 5.74) is 23.8. The van der Waals surface area contributed by atoms with Crippen molar-refractivity contribution >= 4 is 43.6 Å². The fourth-order valence-corrected chi connectivity index (χ4v) is 12.0. The summed E-state index contributed by atoms with van der Waals surface area (Å²) in [6.07, 6.45) is 7.40. The van der Waals surface area contributed by atoms with Crippen LogP contribution >= 0.6 is 0 Å². The van der Waals surface area contributed by atoms with Gasteiger partial charge in [-0.3, -0.25) is 19.9 Å². The molecule has 8 nitrogen and oxygen atoms in total. The quantitative estimate of drug-likeness (QED) is 0.126. The lowest BCUT2D eigenvalue weighted by molar-refractivity contribution is 1.18. The molecule has 0 bridgehead atoms. The number of hydrogen-bond acceptors (Lipinski definition) is 8. The van der Waals surface area contributed by atoms with E-state index < -0.39 is 0 Å². The van der Waals surface area contributed by atoms with E-state index in [1.807, 2.05) is 49.1 Å². The van der Waals surface area contributed by atoms with Crippen LogP contribution in [0.4, 0.5) is 0 Å². The van der Waals surface area contributed by atoms with Gasteiger partial charge in [-0.15, -0.1) is 0 Å². The summed E-state index contributed by atoms with van der Waals surface area (Å²) in [6.45, 7) is 0. The van der Waals surface area contributed by atoms with E-state index >= 15 is 0 Å². The highest BCUT2D eigenvalue weighted by atomic mass is 14.9. The van der Waals surface area contributed by atoms with Crippen LogP contribution in [-0.2, 0) is 0 Å². The summed E-state index contributed by atoms with van der Waals surface area (Å²) in [5, 5.41) is 4.42. The van der Waals surface area contributed by atoms with Crippen molar-refractivity contribution in [1.82, 2.24) is 39.9 Å². The molecular weight excluding hydrogens is 1070 g/mol. The molecule has 0 saturated heterocycles. The third kappa shape index (κ3) is 9.86. The monoisotopic (exact) mass is 1120 g/mol. The van der Waals surface area contributed by atoms with Crippen LogP contribution in [0.2, 0.25) is 0 Å². The van der Waals surface area contributed by atoms with Crippen molar-refractivity contribution < 1.29 is 0 Å². The second-order valence-electron chi connectivity index (χ2n) is 21.9. The van der Waals surface area contributed by atoms with Crippen LogP contribution in [0.5, 0.6) is 0 Å². The molecule has 6 heterocycles. The van der Waals surface area contributed by atoms with Crippen molar-refractivity contribution in [3.8, 4) is 123 Å². The van der Waals surface area contributed by atoms with Crippen molar-refractivity contribution in [2.75, 3.05) is 0 Å². The molecule has 0 aliphatic carbocycles. The number of pyridine rings is 4. The van der Waals surface area contributed by atoms with Crippen molar-refractivity contribution in [3.63, 3.8) is 0 Å². The minimum Gasteiger partial charge on any atom is -0.256 e. The molecule has 10 aromatic carbocycles. The van der Waals surface area contributed by atoms with Crippen LogP contribution < -0.4 is 0 Å². The number of aromatic nitrogens is 8. The Bertz CT molecular complexity index is 4640. The van der Waals surface area contributed by atoms with Crippen molar-refractivity contribution in [1.29, 1.82) is 0 Å². The van der Waals surface area contributed by atoms with Crippen LogP contribution in [0.15, 0.2) is 304 Å². The lowest BCUT2D eigenvalue weighted by Gasteiger charge is -2.12. The standard InChI is InChI=1S/C80H50N8/c1-9-61-13-5-45-81-75(61)67(17-1)53-25-37-59(38-26-53)73-49-71(85-79(87-73)65-41-29-55(30-42-65)69-19-3-11-63-15-7-47-83-77(63)69)57-33-21-51(22-34-57)52-23-35-58(36-24-52)72-50-74(60-39-27-54(28-40-60)68-18-2-10-62-14-6-46-82-76(62)68)88-80(86-72)66-43-31-56(32-44-66)70-20-4-12-64-16-8-48-84-78(64)70/h1-50H. The lowest BCUT2D eigenvalue weighted by atomic mass is 9.98. The second-order valence-corrected chi connectivity index (χ2v) is 21.9.